The van der Waals surface area contributed by atoms with Crippen LogP contribution in [-0.2, 0) is 19.3 Å². The van der Waals surface area contributed by atoms with Crippen LogP contribution in [0.15, 0.2) is 48.8 Å². The highest BCUT2D eigenvalue weighted by Crippen LogP contribution is 2.21. The van der Waals surface area contributed by atoms with Crippen molar-refractivity contribution in [2.24, 2.45) is 0 Å². The van der Waals surface area contributed by atoms with Crippen molar-refractivity contribution in [3.8, 4) is 0 Å². The second-order valence-corrected chi connectivity index (χ2v) is 4.94. The predicted octanol–water partition coefficient (Wildman–Crippen LogP) is 2.38. The molecule has 0 unspecified atom stereocenters. The Morgan fingerprint density at radius 1 is 1.06 bits per heavy atom. The number of pyridine rings is 1. The van der Waals surface area contributed by atoms with E-state index in [1.165, 1.54) is 29.5 Å². The zero-order chi connectivity index (χ0) is 12.2. The van der Waals surface area contributed by atoms with E-state index in [1.807, 2.05) is 18.5 Å². The van der Waals surface area contributed by atoms with Gasteiger partial charge in [0.05, 0.1) is 0 Å². The van der Waals surface area contributed by atoms with Crippen molar-refractivity contribution in [2.75, 3.05) is 6.54 Å². The fourth-order valence-corrected chi connectivity index (χ4v) is 2.67. The van der Waals surface area contributed by atoms with E-state index < -0.39 is 0 Å². The molecule has 1 aromatic carbocycles. The second kappa shape index (κ2) is 5.32. The van der Waals surface area contributed by atoms with Gasteiger partial charge in [0.2, 0.25) is 0 Å². The van der Waals surface area contributed by atoms with Gasteiger partial charge in [-0.2, -0.15) is 0 Å². The molecule has 92 valence electrons. The Morgan fingerprint density at radius 3 is 2.50 bits per heavy atom. The van der Waals surface area contributed by atoms with Gasteiger partial charge >= 0.3 is 0 Å². The topological polar surface area (TPSA) is 24.9 Å². The maximum atomic E-state index is 4.14. The van der Waals surface area contributed by atoms with Crippen molar-refractivity contribution in [3.63, 3.8) is 0 Å². The molecule has 2 aromatic rings. The van der Waals surface area contributed by atoms with Gasteiger partial charge in [-0.3, -0.25) is 4.98 Å². The summed E-state index contributed by atoms with van der Waals surface area (Å²) in [6.07, 6.45) is 7.17. The van der Waals surface area contributed by atoms with Crippen LogP contribution in [-0.4, -0.2) is 17.6 Å². The summed E-state index contributed by atoms with van der Waals surface area (Å²) >= 11 is 0. The van der Waals surface area contributed by atoms with Gasteiger partial charge in [0.25, 0.3) is 0 Å². The quantitative estimate of drug-likeness (QED) is 0.884. The Kier molecular flexibility index (Phi) is 3.37. The Hall–Kier alpha value is -1.67. The standard InChI is InChI=1S/C16H18N2/c1-2-6-15-11-16(10-14(15)5-1)18-9-7-13-4-3-8-17-12-13/h1-6,8,12,16,18H,7,9-11H2. The Balaban J connectivity index is 1.49. The molecule has 1 aliphatic rings. The molecule has 0 fully saturated rings. The third kappa shape index (κ3) is 2.59. The van der Waals surface area contributed by atoms with Crippen LogP contribution in [0.5, 0.6) is 0 Å². The van der Waals surface area contributed by atoms with E-state index in [4.69, 9.17) is 0 Å². The summed E-state index contributed by atoms with van der Waals surface area (Å²) in [7, 11) is 0. The summed E-state index contributed by atoms with van der Waals surface area (Å²) in [6.45, 7) is 1.03. The zero-order valence-electron chi connectivity index (χ0n) is 10.5. The molecule has 0 spiro atoms. The van der Waals surface area contributed by atoms with Crippen LogP contribution in [0.4, 0.5) is 0 Å². The van der Waals surface area contributed by atoms with E-state index in [0.717, 1.165) is 13.0 Å². The molecule has 0 amide bonds. The molecule has 18 heavy (non-hydrogen) atoms. The number of hydrogen-bond acceptors (Lipinski definition) is 2. The van der Waals surface area contributed by atoms with Gasteiger partial charge in [-0.15, -0.1) is 0 Å². The first-order valence-corrected chi connectivity index (χ1v) is 6.61. The highest BCUT2D eigenvalue weighted by atomic mass is 14.9. The molecule has 1 aliphatic carbocycles. The lowest BCUT2D eigenvalue weighted by atomic mass is 10.1. The zero-order valence-corrected chi connectivity index (χ0v) is 10.5. The van der Waals surface area contributed by atoms with Crippen molar-refractivity contribution < 1.29 is 0 Å². The normalized spacial score (nSPS) is 14.7. The smallest absolute Gasteiger partial charge is 0.0300 e. The summed E-state index contributed by atoms with van der Waals surface area (Å²) in [4.78, 5) is 4.14. The van der Waals surface area contributed by atoms with Gasteiger partial charge in [-0.1, -0.05) is 30.3 Å². The highest BCUT2D eigenvalue weighted by molar-refractivity contribution is 5.33. The van der Waals surface area contributed by atoms with Crippen molar-refractivity contribution >= 4 is 0 Å². The molecule has 0 radical (unpaired) electrons. The molecule has 1 N–H and O–H groups in total. The van der Waals surface area contributed by atoms with E-state index in [-0.39, 0.29) is 0 Å². The van der Waals surface area contributed by atoms with Crippen molar-refractivity contribution in [2.45, 2.75) is 25.3 Å². The van der Waals surface area contributed by atoms with E-state index in [9.17, 15) is 0 Å². The molecule has 3 rings (SSSR count). The Labute approximate surface area is 108 Å². The van der Waals surface area contributed by atoms with Gasteiger partial charge in [-0.05, 0) is 48.6 Å². The van der Waals surface area contributed by atoms with Gasteiger partial charge in [-0.25, -0.2) is 0 Å². The van der Waals surface area contributed by atoms with E-state index in [0.29, 0.717) is 6.04 Å². The Morgan fingerprint density at radius 2 is 1.83 bits per heavy atom. The van der Waals surface area contributed by atoms with Gasteiger partial charge in [0, 0.05) is 18.4 Å². The van der Waals surface area contributed by atoms with Crippen molar-refractivity contribution in [3.05, 3.63) is 65.5 Å². The number of nitrogens with one attached hydrogen (secondary N) is 1. The summed E-state index contributed by atoms with van der Waals surface area (Å²) in [5, 5.41) is 3.65. The summed E-state index contributed by atoms with van der Waals surface area (Å²) in [5.41, 5.74) is 4.33. The SMILES string of the molecule is c1cncc(CCNC2Cc3ccccc3C2)c1. The van der Waals surface area contributed by atoms with E-state index in [2.05, 4.69) is 40.6 Å². The number of hydrogen-bond donors (Lipinski definition) is 1. The van der Waals surface area contributed by atoms with Gasteiger partial charge < -0.3 is 5.32 Å². The van der Waals surface area contributed by atoms with Gasteiger partial charge in [0.15, 0.2) is 0 Å². The molecule has 2 nitrogen and oxygen atoms in total. The first-order valence-electron chi connectivity index (χ1n) is 6.61. The first-order chi connectivity index (χ1) is 8.92. The summed E-state index contributed by atoms with van der Waals surface area (Å²) in [5.74, 6) is 0. The Bertz CT molecular complexity index is 483. The van der Waals surface area contributed by atoms with Gasteiger partial charge in [0.1, 0.15) is 0 Å². The number of nitrogens with zero attached hydrogens (tertiary/aromatic N) is 1. The highest BCUT2D eigenvalue weighted by Gasteiger charge is 2.19. The molecule has 0 saturated heterocycles. The molecule has 0 saturated carbocycles. The maximum absolute atomic E-state index is 4.14. The van der Waals surface area contributed by atoms with Crippen LogP contribution in [0.3, 0.4) is 0 Å². The van der Waals surface area contributed by atoms with Crippen LogP contribution in [0, 0.1) is 0 Å². The molecule has 0 aliphatic heterocycles. The lowest BCUT2D eigenvalue weighted by Gasteiger charge is -2.11. The molecule has 1 heterocycles. The van der Waals surface area contributed by atoms with Crippen LogP contribution in [0.1, 0.15) is 16.7 Å². The molecule has 0 bridgehead atoms. The minimum absolute atomic E-state index is 0.610. The van der Waals surface area contributed by atoms with E-state index >= 15 is 0 Å². The van der Waals surface area contributed by atoms with E-state index in [1.54, 1.807) is 0 Å². The number of rotatable bonds is 4. The van der Waals surface area contributed by atoms with Crippen LogP contribution >= 0.6 is 0 Å². The maximum Gasteiger partial charge on any atom is 0.0300 e. The molecular formula is C16H18N2. The molecular weight excluding hydrogens is 220 g/mol. The summed E-state index contributed by atoms with van der Waals surface area (Å²) < 4.78 is 0. The number of fused-ring (bicyclic) bond motifs is 1. The monoisotopic (exact) mass is 238 g/mol. The molecule has 1 aromatic heterocycles. The number of aromatic nitrogens is 1. The van der Waals surface area contributed by atoms with Crippen molar-refractivity contribution in [1.82, 2.24) is 10.3 Å². The van der Waals surface area contributed by atoms with Crippen LogP contribution < -0.4 is 5.32 Å². The van der Waals surface area contributed by atoms with Crippen LogP contribution in [0.2, 0.25) is 0 Å². The third-order valence-corrected chi connectivity index (χ3v) is 3.62. The predicted molar refractivity (Wildman–Crippen MR) is 73.6 cm³/mol. The minimum atomic E-state index is 0.610. The lowest BCUT2D eigenvalue weighted by molar-refractivity contribution is 0.536. The second-order valence-electron chi connectivity index (χ2n) is 4.94. The average molecular weight is 238 g/mol. The minimum Gasteiger partial charge on any atom is -0.313 e. The van der Waals surface area contributed by atoms with Crippen molar-refractivity contribution in [1.29, 1.82) is 0 Å². The fraction of sp³-hybridized carbons (Fsp3) is 0.312. The molecule has 0 atom stereocenters. The largest absolute Gasteiger partial charge is 0.313 e. The average Bonchev–Trinajstić information content (AvgIpc) is 2.82. The third-order valence-electron chi connectivity index (χ3n) is 3.62. The summed E-state index contributed by atoms with van der Waals surface area (Å²) in [6, 6.07) is 13.5. The first kappa shape index (κ1) is 11.4. The fourth-order valence-electron chi connectivity index (χ4n) is 2.67. The van der Waals surface area contributed by atoms with Crippen LogP contribution in [0.25, 0.3) is 0 Å². The number of benzene rings is 1. The lowest BCUT2D eigenvalue weighted by Crippen LogP contribution is -2.31. The molecule has 2 heteroatoms.